The maximum absolute atomic E-state index is 5.80. The molecule has 96 valence electrons. The monoisotopic (exact) mass is 253 g/mol. The molecular formula is C15H15N3O. The molecule has 0 aliphatic rings. The van der Waals surface area contributed by atoms with Crippen molar-refractivity contribution < 1.29 is 4.42 Å². The van der Waals surface area contributed by atoms with E-state index in [9.17, 15) is 0 Å². The lowest BCUT2D eigenvalue weighted by atomic mass is 10.2. The van der Waals surface area contributed by atoms with Gasteiger partial charge in [-0.3, -0.25) is 0 Å². The lowest BCUT2D eigenvalue weighted by Crippen LogP contribution is -2.11. The highest BCUT2D eigenvalue weighted by molar-refractivity contribution is 5.92. The number of nitrogens with two attached hydrogens (primary N) is 1. The number of nitrogen functional groups attached to an aromatic ring is 1. The van der Waals surface area contributed by atoms with E-state index in [2.05, 4.69) is 4.98 Å². The Bertz CT molecular complexity index is 733. The van der Waals surface area contributed by atoms with Crippen molar-refractivity contribution in [3.05, 3.63) is 48.4 Å². The third-order valence-electron chi connectivity index (χ3n) is 3.28. The average molecular weight is 253 g/mol. The fraction of sp³-hybridized carbons (Fsp3) is 0.133. The van der Waals surface area contributed by atoms with Gasteiger partial charge in [0.2, 0.25) is 0 Å². The van der Waals surface area contributed by atoms with Crippen molar-refractivity contribution in [1.29, 1.82) is 0 Å². The number of benzene rings is 1. The molecule has 0 fully saturated rings. The van der Waals surface area contributed by atoms with Crippen LogP contribution in [0.25, 0.3) is 11.0 Å². The van der Waals surface area contributed by atoms with Gasteiger partial charge in [-0.25, -0.2) is 4.98 Å². The Morgan fingerprint density at radius 2 is 1.95 bits per heavy atom. The summed E-state index contributed by atoms with van der Waals surface area (Å²) < 4.78 is 5.55. The predicted octanol–water partition coefficient (Wildman–Crippen LogP) is 3.49. The Labute approximate surface area is 111 Å². The third-order valence-corrected chi connectivity index (χ3v) is 3.28. The number of aryl methyl sites for hydroxylation is 1. The number of rotatable bonds is 2. The van der Waals surface area contributed by atoms with Crippen molar-refractivity contribution >= 4 is 28.2 Å². The molecule has 0 radical (unpaired) electrons. The minimum atomic E-state index is 0.703. The van der Waals surface area contributed by atoms with E-state index < -0.39 is 0 Å². The van der Waals surface area contributed by atoms with Crippen molar-refractivity contribution in [2.24, 2.45) is 0 Å². The fourth-order valence-corrected chi connectivity index (χ4v) is 2.09. The zero-order chi connectivity index (χ0) is 13.4. The average Bonchev–Trinajstić information content (AvgIpc) is 2.85. The molecule has 4 nitrogen and oxygen atoms in total. The van der Waals surface area contributed by atoms with Gasteiger partial charge in [-0.1, -0.05) is 12.1 Å². The van der Waals surface area contributed by atoms with Crippen LogP contribution in [0.3, 0.4) is 0 Å². The molecule has 3 rings (SSSR count). The Balaban J connectivity index is 2.08. The smallest absolute Gasteiger partial charge is 0.136 e. The summed E-state index contributed by atoms with van der Waals surface area (Å²) in [6.45, 7) is 1.90. The van der Waals surface area contributed by atoms with Crippen LogP contribution in [0.2, 0.25) is 0 Å². The van der Waals surface area contributed by atoms with Crippen molar-refractivity contribution in [2.75, 3.05) is 17.7 Å². The van der Waals surface area contributed by atoms with Gasteiger partial charge < -0.3 is 15.1 Å². The van der Waals surface area contributed by atoms with E-state index in [0.29, 0.717) is 5.69 Å². The minimum Gasteiger partial charge on any atom is -0.462 e. The van der Waals surface area contributed by atoms with Gasteiger partial charge in [0.15, 0.2) is 0 Å². The van der Waals surface area contributed by atoms with Crippen molar-refractivity contribution in [1.82, 2.24) is 4.98 Å². The van der Waals surface area contributed by atoms with Crippen LogP contribution < -0.4 is 10.6 Å². The Morgan fingerprint density at radius 3 is 2.74 bits per heavy atom. The molecule has 0 unspecified atom stereocenters. The number of nitrogens with zero attached hydrogens (tertiary/aromatic N) is 2. The zero-order valence-electron chi connectivity index (χ0n) is 10.9. The summed E-state index contributed by atoms with van der Waals surface area (Å²) in [5.74, 6) is 0.846. The summed E-state index contributed by atoms with van der Waals surface area (Å²) in [6, 6.07) is 11.7. The number of hydrogen-bond acceptors (Lipinski definition) is 4. The van der Waals surface area contributed by atoms with E-state index in [0.717, 1.165) is 28.2 Å². The second-order valence-corrected chi connectivity index (χ2v) is 4.52. The van der Waals surface area contributed by atoms with Gasteiger partial charge >= 0.3 is 0 Å². The lowest BCUT2D eigenvalue weighted by Gasteiger charge is -2.17. The molecule has 0 spiro atoms. The molecule has 1 aromatic carbocycles. The van der Waals surface area contributed by atoms with Crippen LogP contribution >= 0.6 is 0 Å². The van der Waals surface area contributed by atoms with E-state index in [1.807, 2.05) is 55.3 Å². The second kappa shape index (κ2) is 4.31. The maximum Gasteiger partial charge on any atom is 0.136 e. The highest BCUT2D eigenvalue weighted by atomic mass is 16.3. The van der Waals surface area contributed by atoms with Crippen molar-refractivity contribution in [2.45, 2.75) is 6.92 Å². The first-order chi connectivity index (χ1) is 9.16. The molecule has 0 saturated heterocycles. The summed E-state index contributed by atoms with van der Waals surface area (Å²) >= 11 is 0. The second-order valence-electron chi connectivity index (χ2n) is 4.52. The summed E-state index contributed by atoms with van der Waals surface area (Å²) in [5, 5.41) is 1.07. The molecule has 2 aromatic heterocycles. The molecule has 0 atom stereocenters. The quantitative estimate of drug-likeness (QED) is 0.759. The number of hydrogen-bond donors (Lipinski definition) is 1. The van der Waals surface area contributed by atoms with Gasteiger partial charge in [-0.2, -0.15) is 0 Å². The molecule has 0 amide bonds. The minimum absolute atomic E-state index is 0.703. The fourth-order valence-electron chi connectivity index (χ4n) is 2.09. The van der Waals surface area contributed by atoms with Crippen LogP contribution in [0.15, 0.2) is 47.1 Å². The number of furan rings is 1. The van der Waals surface area contributed by atoms with Gasteiger partial charge in [0.05, 0.1) is 17.1 Å². The Morgan fingerprint density at radius 1 is 1.16 bits per heavy atom. The molecule has 3 aromatic rings. The number of aromatic nitrogens is 1. The maximum atomic E-state index is 5.80. The van der Waals surface area contributed by atoms with Crippen LogP contribution in [-0.2, 0) is 0 Å². The SMILES string of the molecule is Cc1nc(N(C)c2coc3ccccc23)ccc1N. The van der Waals surface area contributed by atoms with E-state index in [4.69, 9.17) is 10.2 Å². The Hall–Kier alpha value is -2.49. The molecule has 2 heterocycles. The van der Waals surface area contributed by atoms with E-state index in [-0.39, 0.29) is 0 Å². The summed E-state index contributed by atoms with van der Waals surface area (Å²) in [6.07, 6.45) is 1.75. The summed E-state index contributed by atoms with van der Waals surface area (Å²) in [4.78, 5) is 6.49. The van der Waals surface area contributed by atoms with Crippen LogP contribution in [0, 0.1) is 6.92 Å². The summed E-state index contributed by atoms with van der Waals surface area (Å²) in [7, 11) is 1.97. The number of para-hydroxylation sites is 1. The standard InChI is InChI=1S/C15H15N3O/c1-10-12(16)7-8-15(17-10)18(2)13-9-19-14-6-4-3-5-11(13)14/h3-9H,16H2,1-2H3. The molecule has 2 N–H and O–H groups in total. The zero-order valence-corrected chi connectivity index (χ0v) is 10.9. The van der Waals surface area contributed by atoms with E-state index in [1.165, 1.54) is 0 Å². The highest BCUT2D eigenvalue weighted by Gasteiger charge is 2.12. The third kappa shape index (κ3) is 1.91. The van der Waals surface area contributed by atoms with E-state index >= 15 is 0 Å². The normalized spacial score (nSPS) is 10.8. The molecule has 0 bridgehead atoms. The number of pyridine rings is 1. The van der Waals surface area contributed by atoms with Crippen LogP contribution in [0.5, 0.6) is 0 Å². The molecule has 0 aliphatic carbocycles. The van der Waals surface area contributed by atoms with Crippen molar-refractivity contribution in [3.63, 3.8) is 0 Å². The Kier molecular flexibility index (Phi) is 2.63. The molecular weight excluding hydrogens is 238 g/mol. The highest BCUT2D eigenvalue weighted by Crippen LogP contribution is 2.32. The van der Waals surface area contributed by atoms with Gasteiger partial charge in [0.25, 0.3) is 0 Å². The van der Waals surface area contributed by atoms with Gasteiger partial charge in [0.1, 0.15) is 17.7 Å². The summed E-state index contributed by atoms with van der Waals surface area (Å²) in [5.41, 5.74) is 9.20. The lowest BCUT2D eigenvalue weighted by molar-refractivity contribution is 0.616. The number of fused-ring (bicyclic) bond motifs is 1. The van der Waals surface area contributed by atoms with Crippen LogP contribution in [0.4, 0.5) is 17.2 Å². The first-order valence-corrected chi connectivity index (χ1v) is 6.10. The number of anilines is 3. The molecule has 4 heteroatoms. The van der Waals surface area contributed by atoms with Crippen molar-refractivity contribution in [3.8, 4) is 0 Å². The first-order valence-electron chi connectivity index (χ1n) is 6.10. The van der Waals surface area contributed by atoms with Gasteiger partial charge in [-0.15, -0.1) is 0 Å². The molecule has 0 saturated carbocycles. The van der Waals surface area contributed by atoms with Gasteiger partial charge in [-0.05, 0) is 31.2 Å². The van der Waals surface area contributed by atoms with Crippen LogP contribution in [-0.4, -0.2) is 12.0 Å². The predicted molar refractivity (Wildman–Crippen MR) is 77.7 cm³/mol. The molecule has 19 heavy (non-hydrogen) atoms. The largest absolute Gasteiger partial charge is 0.462 e. The topological polar surface area (TPSA) is 55.3 Å². The van der Waals surface area contributed by atoms with Gasteiger partial charge in [0, 0.05) is 12.4 Å². The first kappa shape index (κ1) is 11.6. The molecule has 0 aliphatic heterocycles. The van der Waals surface area contributed by atoms with E-state index in [1.54, 1.807) is 6.26 Å². The van der Waals surface area contributed by atoms with Crippen LogP contribution in [0.1, 0.15) is 5.69 Å².